The zero-order valence-electron chi connectivity index (χ0n) is 9.29. The molecular formula is C13H17NO. The molecule has 0 amide bonds. The lowest BCUT2D eigenvalue weighted by Gasteiger charge is -2.14. The minimum absolute atomic E-state index is 0.0225. The van der Waals surface area contributed by atoms with Crippen molar-refractivity contribution in [3.63, 3.8) is 0 Å². The van der Waals surface area contributed by atoms with E-state index in [1.165, 1.54) is 5.56 Å². The van der Waals surface area contributed by atoms with Gasteiger partial charge in [0.2, 0.25) is 0 Å². The molecule has 80 valence electrons. The Morgan fingerprint density at radius 1 is 1.53 bits per heavy atom. The molecule has 2 N–H and O–H groups in total. The number of aryl methyl sites for hydroxylation is 1. The SMILES string of the molecule is C#CCCOc1ccc(C)cc1[C@H](C)N. The van der Waals surface area contributed by atoms with Crippen molar-refractivity contribution >= 4 is 0 Å². The zero-order valence-corrected chi connectivity index (χ0v) is 9.29. The van der Waals surface area contributed by atoms with Crippen molar-refractivity contribution in [1.29, 1.82) is 0 Å². The summed E-state index contributed by atoms with van der Waals surface area (Å²) in [5, 5.41) is 0. The summed E-state index contributed by atoms with van der Waals surface area (Å²) < 4.78 is 5.57. The van der Waals surface area contributed by atoms with Crippen LogP contribution in [0.3, 0.4) is 0 Å². The topological polar surface area (TPSA) is 35.2 Å². The van der Waals surface area contributed by atoms with Crippen molar-refractivity contribution in [1.82, 2.24) is 0 Å². The first kappa shape index (κ1) is 11.6. The first-order valence-electron chi connectivity index (χ1n) is 5.07. The van der Waals surface area contributed by atoms with Gasteiger partial charge in [-0.3, -0.25) is 0 Å². The molecule has 2 nitrogen and oxygen atoms in total. The highest BCUT2D eigenvalue weighted by atomic mass is 16.5. The van der Waals surface area contributed by atoms with Crippen molar-refractivity contribution in [3.8, 4) is 18.1 Å². The molecule has 0 heterocycles. The van der Waals surface area contributed by atoms with Crippen LogP contribution in [0.2, 0.25) is 0 Å². The van der Waals surface area contributed by atoms with Crippen LogP contribution in [0, 0.1) is 19.3 Å². The molecule has 0 unspecified atom stereocenters. The first-order valence-corrected chi connectivity index (χ1v) is 5.07. The van der Waals surface area contributed by atoms with E-state index in [0.717, 1.165) is 11.3 Å². The predicted molar refractivity (Wildman–Crippen MR) is 62.7 cm³/mol. The Morgan fingerprint density at radius 3 is 2.87 bits per heavy atom. The van der Waals surface area contributed by atoms with Gasteiger partial charge in [-0.2, -0.15) is 0 Å². The summed E-state index contributed by atoms with van der Waals surface area (Å²) in [5.41, 5.74) is 8.09. The van der Waals surface area contributed by atoms with E-state index < -0.39 is 0 Å². The van der Waals surface area contributed by atoms with Gasteiger partial charge >= 0.3 is 0 Å². The second kappa shape index (κ2) is 5.43. The molecule has 0 saturated carbocycles. The van der Waals surface area contributed by atoms with Crippen molar-refractivity contribution in [2.24, 2.45) is 5.73 Å². The standard InChI is InChI=1S/C13H17NO/c1-4-5-8-15-13-7-6-10(2)9-12(13)11(3)14/h1,6-7,9,11H,5,8,14H2,2-3H3/t11-/m0/s1. The van der Waals surface area contributed by atoms with E-state index in [2.05, 4.69) is 12.0 Å². The Balaban J connectivity index is 2.82. The molecule has 0 aliphatic heterocycles. The Morgan fingerprint density at radius 2 is 2.27 bits per heavy atom. The molecule has 0 aliphatic carbocycles. The molecule has 15 heavy (non-hydrogen) atoms. The molecule has 0 saturated heterocycles. The van der Waals surface area contributed by atoms with E-state index in [9.17, 15) is 0 Å². The molecule has 1 rings (SSSR count). The number of hydrogen-bond acceptors (Lipinski definition) is 2. The first-order chi connectivity index (χ1) is 7.15. The average Bonchev–Trinajstić information content (AvgIpc) is 2.20. The van der Waals surface area contributed by atoms with E-state index in [1.54, 1.807) is 0 Å². The second-order valence-electron chi connectivity index (χ2n) is 3.63. The quantitative estimate of drug-likeness (QED) is 0.602. The predicted octanol–water partition coefficient (Wildman–Crippen LogP) is 2.42. The van der Waals surface area contributed by atoms with E-state index in [1.807, 2.05) is 26.0 Å². The average molecular weight is 203 g/mol. The monoisotopic (exact) mass is 203 g/mol. The van der Waals surface area contributed by atoms with Crippen LogP contribution in [0.25, 0.3) is 0 Å². The molecule has 0 radical (unpaired) electrons. The maximum absolute atomic E-state index is 5.87. The van der Waals surface area contributed by atoms with Gasteiger partial charge in [-0.25, -0.2) is 0 Å². The Bertz CT molecular complexity index is 363. The van der Waals surface area contributed by atoms with Crippen molar-refractivity contribution in [3.05, 3.63) is 29.3 Å². The number of nitrogens with two attached hydrogens (primary N) is 1. The van der Waals surface area contributed by atoms with Crippen LogP contribution >= 0.6 is 0 Å². The molecule has 1 aromatic rings. The van der Waals surface area contributed by atoms with Crippen LogP contribution in [0.15, 0.2) is 18.2 Å². The summed E-state index contributed by atoms with van der Waals surface area (Å²) in [5.74, 6) is 3.38. The Hall–Kier alpha value is -1.46. The van der Waals surface area contributed by atoms with Gasteiger partial charge in [0.05, 0.1) is 6.61 Å². The van der Waals surface area contributed by atoms with E-state index in [0.29, 0.717) is 13.0 Å². The number of rotatable bonds is 4. The van der Waals surface area contributed by atoms with E-state index >= 15 is 0 Å². The third-order valence-electron chi connectivity index (χ3n) is 2.16. The molecule has 0 bridgehead atoms. The normalized spacial score (nSPS) is 11.9. The van der Waals surface area contributed by atoms with Crippen LogP contribution in [-0.4, -0.2) is 6.61 Å². The molecule has 2 heteroatoms. The maximum atomic E-state index is 5.87. The van der Waals surface area contributed by atoms with Gasteiger partial charge in [-0.15, -0.1) is 12.3 Å². The van der Waals surface area contributed by atoms with Crippen LogP contribution in [-0.2, 0) is 0 Å². The lowest BCUT2D eigenvalue weighted by Crippen LogP contribution is -2.08. The molecule has 0 fully saturated rings. The smallest absolute Gasteiger partial charge is 0.124 e. The maximum Gasteiger partial charge on any atom is 0.124 e. The van der Waals surface area contributed by atoms with Gasteiger partial charge in [0.15, 0.2) is 0 Å². The highest BCUT2D eigenvalue weighted by Gasteiger charge is 2.07. The lowest BCUT2D eigenvalue weighted by atomic mass is 10.1. The Kier molecular flexibility index (Phi) is 4.20. The number of benzene rings is 1. The molecule has 0 spiro atoms. The molecular weight excluding hydrogens is 186 g/mol. The van der Waals surface area contributed by atoms with Crippen LogP contribution in [0.4, 0.5) is 0 Å². The summed E-state index contributed by atoms with van der Waals surface area (Å²) in [6, 6.07) is 5.99. The van der Waals surface area contributed by atoms with Gasteiger partial charge < -0.3 is 10.5 Å². The minimum atomic E-state index is -0.0225. The van der Waals surface area contributed by atoms with Gasteiger partial charge in [-0.05, 0) is 19.9 Å². The van der Waals surface area contributed by atoms with Crippen LogP contribution in [0.5, 0.6) is 5.75 Å². The summed E-state index contributed by atoms with van der Waals surface area (Å²) in [6.07, 6.45) is 5.78. The summed E-state index contributed by atoms with van der Waals surface area (Å²) >= 11 is 0. The number of terminal acetylenes is 1. The highest BCUT2D eigenvalue weighted by Crippen LogP contribution is 2.24. The van der Waals surface area contributed by atoms with E-state index in [-0.39, 0.29) is 6.04 Å². The lowest BCUT2D eigenvalue weighted by molar-refractivity contribution is 0.322. The van der Waals surface area contributed by atoms with Crippen molar-refractivity contribution in [2.75, 3.05) is 6.61 Å². The van der Waals surface area contributed by atoms with Crippen LogP contribution in [0.1, 0.15) is 30.5 Å². The highest BCUT2D eigenvalue weighted by molar-refractivity contribution is 5.38. The fourth-order valence-corrected chi connectivity index (χ4v) is 1.38. The fraction of sp³-hybridized carbons (Fsp3) is 0.385. The molecule has 0 aliphatic rings. The summed E-state index contributed by atoms with van der Waals surface area (Å²) in [7, 11) is 0. The Labute approximate surface area is 91.4 Å². The molecule has 1 atom stereocenters. The van der Waals surface area contributed by atoms with Crippen LogP contribution < -0.4 is 10.5 Å². The third kappa shape index (κ3) is 3.30. The molecule has 1 aromatic carbocycles. The number of hydrogen-bond donors (Lipinski definition) is 1. The third-order valence-corrected chi connectivity index (χ3v) is 2.16. The zero-order chi connectivity index (χ0) is 11.3. The van der Waals surface area contributed by atoms with Crippen molar-refractivity contribution < 1.29 is 4.74 Å². The van der Waals surface area contributed by atoms with Gasteiger partial charge in [0, 0.05) is 18.0 Å². The largest absolute Gasteiger partial charge is 0.492 e. The molecule has 0 aromatic heterocycles. The summed E-state index contributed by atoms with van der Waals surface area (Å²) in [4.78, 5) is 0. The fourth-order valence-electron chi connectivity index (χ4n) is 1.38. The minimum Gasteiger partial charge on any atom is -0.492 e. The van der Waals surface area contributed by atoms with Gasteiger partial charge in [0.1, 0.15) is 5.75 Å². The number of ether oxygens (including phenoxy) is 1. The van der Waals surface area contributed by atoms with E-state index in [4.69, 9.17) is 16.9 Å². The van der Waals surface area contributed by atoms with Crippen molar-refractivity contribution in [2.45, 2.75) is 26.3 Å². The summed E-state index contributed by atoms with van der Waals surface area (Å²) in [6.45, 7) is 4.53. The van der Waals surface area contributed by atoms with Gasteiger partial charge in [0.25, 0.3) is 0 Å². The second-order valence-corrected chi connectivity index (χ2v) is 3.63. The van der Waals surface area contributed by atoms with Gasteiger partial charge in [-0.1, -0.05) is 17.7 Å².